The average Bonchev–Trinajstić information content (AvgIpc) is 3.25. The number of ether oxygens (including phenoxy) is 1. The number of rotatable bonds is 4. The van der Waals surface area contributed by atoms with E-state index in [4.69, 9.17) is 9.72 Å². The normalized spacial score (nSPS) is 31.4. The lowest BCUT2D eigenvalue weighted by molar-refractivity contribution is -0.199. The number of anilines is 1. The molecule has 2 atom stereocenters. The average molecular weight is 309 g/mol. The Morgan fingerprint density at radius 2 is 2.14 bits per heavy atom. The zero-order valence-corrected chi connectivity index (χ0v) is 13.3. The first-order valence-electron chi connectivity index (χ1n) is 8.11. The van der Waals surface area contributed by atoms with Gasteiger partial charge in [-0.05, 0) is 32.6 Å². The van der Waals surface area contributed by atoms with Gasteiger partial charge in [0.15, 0.2) is 0 Å². The zero-order valence-electron chi connectivity index (χ0n) is 12.5. The predicted molar refractivity (Wildman–Crippen MR) is 81.8 cm³/mol. The molecule has 0 radical (unpaired) electrons. The van der Waals surface area contributed by atoms with Crippen LogP contribution >= 0.6 is 11.5 Å². The van der Waals surface area contributed by atoms with Crippen molar-refractivity contribution in [1.29, 1.82) is 0 Å². The summed E-state index contributed by atoms with van der Waals surface area (Å²) in [4.78, 5) is 7.04. The Morgan fingerprint density at radius 3 is 2.76 bits per heavy atom. The summed E-state index contributed by atoms with van der Waals surface area (Å²) >= 11 is 1.53. The fourth-order valence-corrected chi connectivity index (χ4v) is 4.59. The Bertz CT molecular complexity index is 507. The van der Waals surface area contributed by atoms with Crippen LogP contribution in [0.1, 0.15) is 50.8 Å². The van der Waals surface area contributed by atoms with Gasteiger partial charge in [-0.1, -0.05) is 0 Å². The minimum atomic E-state index is -0.187. The maximum atomic E-state index is 10.2. The molecule has 3 aliphatic rings. The van der Waals surface area contributed by atoms with Crippen LogP contribution < -0.4 is 4.90 Å². The predicted octanol–water partition coefficient (Wildman–Crippen LogP) is 2.17. The van der Waals surface area contributed by atoms with Gasteiger partial charge in [-0.15, -0.1) is 0 Å². The Labute approximate surface area is 129 Å². The molecule has 1 saturated heterocycles. The lowest BCUT2D eigenvalue weighted by Gasteiger charge is -2.56. The Kier molecular flexibility index (Phi) is 3.43. The van der Waals surface area contributed by atoms with Gasteiger partial charge < -0.3 is 14.7 Å². The van der Waals surface area contributed by atoms with E-state index in [-0.39, 0.29) is 17.6 Å². The molecule has 0 unspecified atom stereocenters. The van der Waals surface area contributed by atoms with Gasteiger partial charge in [-0.2, -0.15) is 4.37 Å². The van der Waals surface area contributed by atoms with Gasteiger partial charge in [0.2, 0.25) is 5.13 Å². The SMILES string of the molecule is CCO[C@H]1C[C@@H](O)C12CCN(c1nc(C3CC3)ns1)CC2. The van der Waals surface area contributed by atoms with E-state index in [0.717, 1.165) is 49.9 Å². The van der Waals surface area contributed by atoms with Crippen LogP contribution in [0, 0.1) is 5.41 Å². The van der Waals surface area contributed by atoms with E-state index < -0.39 is 0 Å². The van der Waals surface area contributed by atoms with Crippen molar-refractivity contribution in [2.45, 2.75) is 57.2 Å². The molecular formula is C15H23N3O2S. The summed E-state index contributed by atoms with van der Waals surface area (Å²) in [5.41, 5.74) is -0.00345. The van der Waals surface area contributed by atoms with Gasteiger partial charge in [0.1, 0.15) is 5.82 Å². The largest absolute Gasteiger partial charge is 0.392 e. The van der Waals surface area contributed by atoms with Crippen LogP contribution in [-0.2, 0) is 4.74 Å². The summed E-state index contributed by atoms with van der Waals surface area (Å²) in [7, 11) is 0. The molecule has 0 bridgehead atoms. The van der Waals surface area contributed by atoms with Crippen LogP contribution in [0.25, 0.3) is 0 Å². The van der Waals surface area contributed by atoms with E-state index in [1.54, 1.807) is 0 Å². The van der Waals surface area contributed by atoms with Crippen molar-refractivity contribution < 1.29 is 9.84 Å². The molecule has 1 N–H and O–H groups in total. The Morgan fingerprint density at radius 1 is 1.38 bits per heavy atom. The standard InChI is InChI=1S/C15H23N3O2S/c1-2-20-12-9-11(19)15(12)5-7-18(8-6-15)14-16-13(17-21-14)10-3-4-10/h10-12,19H,2-9H2,1H3/t11-,12+/m1/s1. The second kappa shape index (κ2) is 5.18. The van der Waals surface area contributed by atoms with Crippen molar-refractivity contribution in [3.05, 3.63) is 5.82 Å². The molecule has 4 rings (SSSR count). The molecule has 1 aliphatic heterocycles. The molecule has 2 saturated carbocycles. The number of aromatic nitrogens is 2. The number of hydrogen-bond donors (Lipinski definition) is 1. The molecule has 1 spiro atoms. The highest BCUT2D eigenvalue weighted by Crippen LogP contribution is 2.51. The van der Waals surface area contributed by atoms with Gasteiger partial charge in [0, 0.05) is 49.0 Å². The van der Waals surface area contributed by atoms with E-state index in [9.17, 15) is 5.11 Å². The van der Waals surface area contributed by atoms with Gasteiger partial charge in [-0.25, -0.2) is 4.98 Å². The first kappa shape index (κ1) is 13.9. The van der Waals surface area contributed by atoms with Crippen molar-refractivity contribution in [1.82, 2.24) is 9.36 Å². The summed E-state index contributed by atoms with van der Waals surface area (Å²) in [6, 6.07) is 0. The fraction of sp³-hybridized carbons (Fsp3) is 0.867. The van der Waals surface area contributed by atoms with Crippen molar-refractivity contribution in [2.24, 2.45) is 5.41 Å². The molecule has 116 valence electrons. The molecule has 1 aromatic heterocycles. The molecule has 3 fully saturated rings. The third-order valence-corrected chi connectivity index (χ3v) is 6.24. The summed E-state index contributed by atoms with van der Waals surface area (Å²) in [6.07, 6.45) is 5.36. The van der Waals surface area contributed by atoms with Crippen LogP contribution in [-0.4, -0.2) is 46.4 Å². The van der Waals surface area contributed by atoms with Crippen molar-refractivity contribution in [3.63, 3.8) is 0 Å². The molecule has 5 nitrogen and oxygen atoms in total. The van der Waals surface area contributed by atoms with Gasteiger partial charge >= 0.3 is 0 Å². The molecule has 2 aliphatic carbocycles. The van der Waals surface area contributed by atoms with E-state index in [1.165, 1.54) is 24.4 Å². The quantitative estimate of drug-likeness (QED) is 0.924. The van der Waals surface area contributed by atoms with Crippen LogP contribution in [0.15, 0.2) is 0 Å². The van der Waals surface area contributed by atoms with E-state index in [1.807, 2.05) is 6.92 Å². The van der Waals surface area contributed by atoms with Crippen molar-refractivity contribution >= 4 is 16.7 Å². The number of piperidine rings is 1. The summed E-state index contributed by atoms with van der Waals surface area (Å²) < 4.78 is 10.3. The second-order valence-electron chi connectivity index (χ2n) is 6.63. The molecule has 21 heavy (non-hydrogen) atoms. The summed E-state index contributed by atoms with van der Waals surface area (Å²) in [5.74, 6) is 1.67. The van der Waals surface area contributed by atoms with Gasteiger partial charge in [-0.3, -0.25) is 0 Å². The lowest BCUT2D eigenvalue weighted by Crippen LogP contribution is -2.62. The first-order chi connectivity index (χ1) is 10.2. The first-order valence-corrected chi connectivity index (χ1v) is 8.88. The molecule has 1 aromatic rings. The highest BCUT2D eigenvalue weighted by atomic mass is 32.1. The number of aliphatic hydroxyl groups excluding tert-OH is 1. The van der Waals surface area contributed by atoms with Gasteiger partial charge in [0.05, 0.1) is 12.2 Å². The molecular weight excluding hydrogens is 286 g/mol. The maximum absolute atomic E-state index is 10.2. The third kappa shape index (κ3) is 2.28. The van der Waals surface area contributed by atoms with Crippen LogP contribution in [0.4, 0.5) is 5.13 Å². The number of aliphatic hydroxyl groups is 1. The van der Waals surface area contributed by atoms with Crippen LogP contribution in [0.2, 0.25) is 0 Å². The molecule has 6 heteroatoms. The van der Waals surface area contributed by atoms with Crippen LogP contribution in [0.5, 0.6) is 0 Å². The Balaban J connectivity index is 1.41. The highest BCUT2D eigenvalue weighted by Gasteiger charge is 2.56. The maximum Gasteiger partial charge on any atom is 0.205 e. The summed E-state index contributed by atoms with van der Waals surface area (Å²) in [5, 5.41) is 11.3. The molecule has 0 amide bonds. The minimum absolute atomic E-state index is 0.00345. The van der Waals surface area contributed by atoms with E-state index in [2.05, 4.69) is 9.27 Å². The topological polar surface area (TPSA) is 58.5 Å². The number of nitrogens with zero attached hydrogens (tertiary/aromatic N) is 3. The van der Waals surface area contributed by atoms with Crippen molar-refractivity contribution in [2.75, 3.05) is 24.6 Å². The van der Waals surface area contributed by atoms with E-state index in [0.29, 0.717) is 5.92 Å². The molecule has 0 aromatic carbocycles. The number of hydrogen-bond acceptors (Lipinski definition) is 6. The highest BCUT2D eigenvalue weighted by molar-refractivity contribution is 7.09. The van der Waals surface area contributed by atoms with Gasteiger partial charge in [0.25, 0.3) is 0 Å². The fourth-order valence-electron chi connectivity index (χ4n) is 3.79. The smallest absolute Gasteiger partial charge is 0.205 e. The minimum Gasteiger partial charge on any atom is -0.392 e. The van der Waals surface area contributed by atoms with E-state index >= 15 is 0 Å². The van der Waals surface area contributed by atoms with Crippen molar-refractivity contribution in [3.8, 4) is 0 Å². The molecule has 2 heterocycles. The second-order valence-corrected chi connectivity index (χ2v) is 7.36. The Hall–Kier alpha value is -0.720. The monoisotopic (exact) mass is 309 g/mol. The lowest BCUT2D eigenvalue weighted by atomic mass is 9.58. The van der Waals surface area contributed by atoms with Crippen LogP contribution in [0.3, 0.4) is 0 Å². The zero-order chi connectivity index (χ0) is 14.4. The third-order valence-electron chi connectivity index (χ3n) is 5.45. The summed E-state index contributed by atoms with van der Waals surface area (Å²) in [6.45, 7) is 4.69.